The van der Waals surface area contributed by atoms with E-state index in [0.717, 1.165) is 33.9 Å². The fraction of sp³-hybridized carbons (Fsp3) is 0.294. The van der Waals surface area contributed by atoms with Crippen LogP contribution in [0, 0.1) is 0 Å². The molecule has 104 valence electrons. The molecule has 0 fully saturated rings. The summed E-state index contributed by atoms with van der Waals surface area (Å²) in [4.78, 5) is 0. The molecule has 3 rings (SSSR count). The molecule has 1 aliphatic rings. The number of rotatable bonds is 2. The number of nitrogens with two attached hydrogens (primary N) is 1. The largest absolute Gasteiger partial charge is 0.487 e. The third kappa shape index (κ3) is 2.41. The first-order valence-corrected chi connectivity index (χ1v) is 7.17. The predicted molar refractivity (Wildman–Crippen MR) is 83.2 cm³/mol. The molecule has 0 aromatic heterocycles. The van der Waals surface area contributed by atoms with Crippen molar-refractivity contribution in [2.24, 2.45) is 5.73 Å². The van der Waals surface area contributed by atoms with Gasteiger partial charge in [-0.2, -0.15) is 0 Å². The van der Waals surface area contributed by atoms with E-state index in [2.05, 4.69) is 26.0 Å². The third-order valence-corrected chi connectivity index (χ3v) is 3.90. The van der Waals surface area contributed by atoms with E-state index in [1.165, 1.54) is 5.56 Å². The van der Waals surface area contributed by atoms with Gasteiger partial charge in [0.1, 0.15) is 11.4 Å². The standard InChI is InChI=1S/C17H18ClNO/c1-17(2)9-13-7-11(4-6-16(13)20-17)15-8-14(18)5-3-12(15)10-19/h3-8H,9-10,19H2,1-2H3. The van der Waals surface area contributed by atoms with Crippen LogP contribution >= 0.6 is 11.6 Å². The minimum absolute atomic E-state index is 0.119. The van der Waals surface area contributed by atoms with E-state index in [0.29, 0.717) is 6.54 Å². The van der Waals surface area contributed by atoms with Gasteiger partial charge in [0.05, 0.1) is 0 Å². The lowest BCUT2D eigenvalue weighted by Gasteiger charge is -2.16. The molecule has 0 spiro atoms. The van der Waals surface area contributed by atoms with Crippen LogP contribution in [0.4, 0.5) is 0 Å². The van der Waals surface area contributed by atoms with Crippen molar-refractivity contribution in [2.45, 2.75) is 32.4 Å². The molecule has 2 nitrogen and oxygen atoms in total. The summed E-state index contributed by atoms with van der Waals surface area (Å²) in [7, 11) is 0. The quantitative estimate of drug-likeness (QED) is 0.899. The van der Waals surface area contributed by atoms with Gasteiger partial charge in [-0.1, -0.05) is 23.7 Å². The third-order valence-electron chi connectivity index (χ3n) is 3.67. The molecular weight excluding hydrogens is 270 g/mol. The van der Waals surface area contributed by atoms with Gasteiger partial charge in [0.25, 0.3) is 0 Å². The Morgan fingerprint density at radius 3 is 2.75 bits per heavy atom. The summed E-state index contributed by atoms with van der Waals surface area (Å²) in [6, 6.07) is 12.2. The molecule has 1 aliphatic heterocycles. The second kappa shape index (κ2) is 4.80. The van der Waals surface area contributed by atoms with Crippen LogP contribution in [0.3, 0.4) is 0 Å². The van der Waals surface area contributed by atoms with Crippen LogP contribution in [-0.4, -0.2) is 5.60 Å². The van der Waals surface area contributed by atoms with Gasteiger partial charge in [-0.05, 0) is 60.4 Å². The maximum atomic E-state index is 6.12. The summed E-state index contributed by atoms with van der Waals surface area (Å²) in [5.74, 6) is 0.982. The fourth-order valence-electron chi connectivity index (χ4n) is 2.77. The molecule has 2 aromatic rings. The summed E-state index contributed by atoms with van der Waals surface area (Å²) in [6.45, 7) is 4.72. The lowest BCUT2D eigenvalue weighted by molar-refractivity contribution is 0.138. The van der Waals surface area contributed by atoms with Crippen LogP contribution in [-0.2, 0) is 13.0 Å². The summed E-state index contributed by atoms with van der Waals surface area (Å²) < 4.78 is 5.91. The van der Waals surface area contributed by atoms with Crippen molar-refractivity contribution in [3.05, 3.63) is 52.5 Å². The Kier molecular flexibility index (Phi) is 3.23. The molecule has 2 N–H and O–H groups in total. The van der Waals surface area contributed by atoms with Crippen molar-refractivity contribution in [2.75, 3.05) is 0 Å². The van der Waals surface area contributed by atoms with E-state index in [1.54, 1.807) is 0 Å². The molecule has 0 unspecified atom stereocenters. The van der Waals surface area contributed by atoms with Crippen molar-refractivity contribution in [3.63, 3.8) is 0 Å². The fourth-order valence-corrected chi connectivity index (χ4v) is 2.94. The summed E-state index contributed by atoms with van der Waals surface area (Å²) in [5.41, 5.74) is 10.3. The minimum atomic E-state index is -0.119. The second-order valence-electron chi connectivity index (χ2n) is 5.87. The van der Waals surface area contributed by atoms with Gasteiger partial charge < -0.3 is 10.5 Å². The normalized spacial score (nSPS) is 15.8. The summed E-state index contributed by atoms with van der Waals surface area (Å²) in [5, 5.41) is 0.731. The van der Waals surface area contributed by atoms with E-state index < -0.39 is 0 Å². The van der Waals surface area contributed by atoms with Gasteiger partial charge in [-0.3, -0.25) is 0 Å². The molecular formula is C17H18ClNO. The zero-order chi connectivity index (χ0) is 14.3. The highest BCUT2D eigenvalue weighted by Crippen LogP contribution is 2.38. The predicted octanol–water partition coefficient (Wildman–Crippen LogP) is 4.18. The van der Waals surface area contributed by atoms with Crippen LogP contribution in [0.1, 0.15) is 25.0 Å². The first-order valence-electron chi connectivity index (χ1n) is 6.79. The first-order chi connectivity index (χ1) is 9.48. The number of hydrogen-bond donors (Lipinski definition) is 1. The van der Waals surface area contributed by atoms with Crippen LogP contribution < -0.4 is 10.5 Å². The monoisotopic (exact) mass is 287 g/mol. The van der Waals surface area contributed by atoms with Crippen molar-refractivity contribution in [1.29, 1.82) is 0 Å². The molecule has 0 amide bonds. The average molecular weight is 288 g/mol. The first kappa shape index (κ1) is 13.5. The van der Waals surface area contributed by atoms with Crippen molar-refractivity contribution in [1.82, 2.24) is 0 Å². The van der Waals surface area contributed by atoms with Crippen LogP contribution in [0.15, 0.2) is 36.4 Å². The molecule has 0 atom stereocenters. The smallest absolute Gasteiger partial charge is 0.123 e. The molecule has 2 aromatic carbocycles. The lowest BCUT2D eigenvalue weighted by Crippen LogP contribution is -2.24. The van der Waals surface area contributed by atoms with Gasteiger partial charge in [-0.15, -0.1) is 0 Å². The van der Waals surface area contributed by atoms with Crippen LogP contribution in [0.2, 0.25) is 5.02 Å². The average Bonchev–Trinajstić information content (AvgIpc) is 2.71. The molecule has 0 radical (unpaired) electrons. The van der Waals surface area contributed by atoms with Crippen LogP contribution in [0.5, 0.6) is 5.75 Å². The Bertz CT molecular complexity index is 664. The molecule has 0 bridgehead atoms. The van der Waals surface area contributed by atoms with E-state index in [-0.39, 0.29) is 5.60 Å². The summed E-state index contributed by atoms with van der Waals surface area (Å²) in [6.07, 6.45) is 0.925. The highest BCUT2D eigenvalue weighted by Gasteiger charge is 2.30. The van der Waals surface area contributed by atoms with Crippen molar-refractivity contribution in [3.8, 4) is 16.9 Å². The van der Waals surface area contributed by atoms with Gasteiger partial charge >= 0.3 is 0 Å². The molecule has 20 heavy (non-hydrogen) atoms. The number of hydrogen-bond acceptors (Lipinski definition) is 2. The van der Waals surface area contributed by atoms with E-state index in [4.69, 9.17) is 22.1 Å². The number of ether oxygens (including phenoxy) is 1. The van der Waals surface area contributed by atoms with Gasteiger partial charge in [0.2, 0.25) is 0 Å². The van der Waals surface area contributed by atoms with Crippen LogP contribution in [0.25, 0.3) is 11.1 Å². The maximum absolute atomic E-state index is 6.12. The highest BCUT2D eigenvalue weighted by atomic mass is 35.5. The SMILES string of the molecule is CC1(C)Cc2cc(-c3cc(Cl)ccc3CN)ccc2O1. The molecule has 0 aliphatic carbocycles. The highest BCUT2D eigenvalue weighted by molar-refractivity contribution is 6.30. The lowest BCUT2D eigenvalue weighted by atomic mass is 9.95. The topological polar surface area (TPSA) is 35.2 Å². The van der Waals surface area contributed by atoms with Crippen molar-refractivity contribution >= 4 is 11.6 Å². The Morgan fingerprint density at radius 1 is 1.20 bits per heavy atom. The molecule has 0 saturated heterocycles. The molecule has 3 heteroatoms. The van der Waals surface area contributed by atoms with E-state index in [1.807, 2.05) is 24.3 Å². The summed E-state index contributed by atoms with van der Waals surface area (Å²) >= 11 is 6.12. The minimum Gasteiger partial charge on any atom is -0.487 e. The van der Waals surface area contributed by atoms with E-state index >= 15 is 0 Å². The van der Waals surface area contributed by atoms with Gasteiger partial charge in [0, 0.05) is 18.0 Å². The Balaban J connectivity index is 2.07. The van der Waals surface area contributed by atoms with Crippen molar-refractivity contribution < 1.29 is 4.74 Å². The maximum Gasteiger partial charge on any atom is 0.123 e. The number of benzene rings is 2. The molecule has 0 saturated carbocycles. The Labute approximate surface area is 124 Å². The van der Waals surface area contributed by atoms with Gasteiger partial charge in [0.15, 0.2) is 0 Å². The Morgan fingerprint density at radius 2 is 2.00 bits per heavy atom. The zero-order valence-electron chi connectivity index (χ0n) is 11.7. The zero-order valence-corrected chi connectivity index (χ0v) is 12.5. The Hall–Kier alpha value is -1.51. The van der Waals surface area contributed by atoms with Gasteiger partial charge in [-0.25, -0.2) is 0 Å². The van der Waals surface area contributed by atoms with E-state index in [9.17, 15) is 0 Å². The number of fused-ring (bicyclic) bond motifs is 1. The molecule has 1 heterocycles. The number of halogens is 1. The second-order valence-corrected chi connectivity index (χ2v) is 6.30.